The first kappa shape index (κ1) is 16.7. The summed E-state index contributed by atoms with van der Waals surface area (Å²) in [7, 11) is -3.55. The van der Waals surface area contributed by atoms with Crippen molar-refractivity contribution in [3.05, 3.63) is 54.0 Å². The van der Waals surface area contributed by atoms with Gasteiger partial charge >= 0.3 is 0 Å². The summed E-state index contributed by atoms with van der Waals surface area (Å²) in [4.78, 5) is 12.2. The molecule has 2 aromatic rings. The van der Waals surface area contributed by atoms with Crippen LogP contribution < -0.4 is 5.32 Å². The van der Waals surface area contributed by atoms with E-state index >= 15 is 0 Å². The number of nitrogens with one attached hydrogen (secondary N) is 1. The number of furan rings is 1. The van der Waals surface area contributed by atoms with Gasteiger partial charge in [0, 0.05) is 19.1 Å². The van der Waals surface area contributed by atoms with Gasteiger partial charge in [-0.15, -0.1) is 0 Å². The number of hydrogen-bond donors (Lipinski definition) is 1. The Bertz CT molecular complexity index is 798. The average Bonchev–Trinajstić information content (AvgIpc) is 3.24. The minimum absolute atomic E-state index is 0.223. The monoisotopic (exact) mass is 348 g/mol. The van der Waals surface area contributed by atoms with Gasteiger partial charge in [-0.05, 0) is 44.0 Å². The second kappa shape index (κ2) is 6.78. The lowest BCUT2D eigenvalue weighted by Gasteiger charge is -2.24. The standard InChI is InChI=1S/C17H20N2O4S/c1-13-6-8-15(9-7-13)24(21,22)19-10-2-4-14(19)12-18-17(20)16-5-3-11-23-16/h3,5-9,11,14H,2,4,10,12H2,1H3,(H,18,20)/t14-/m1/s1. The maximum atomic E-state index is 12.8. The number of aryl methyl sites for hydroxylation is 1. The molecule has 0 spiro atoms. The summed E-state index contributed by atoms with van der Waals surface area (Å²) in [5.74, 6) is -0.111. The van der Waals surface area contributed by atoms with E-state index in [-0.39, 0.29) is 29.1 Å². The van der Waals surface area contributed by atoms with Crippen LogP contribution in [-0.4, -0.2) is 37.8 Å². The van der Waals surface area contributed by atoms with E-state index in [1.54, 1.807) is 36.4 Å². The predicted molar refractivity (Wildman–Crippen MR) is 89.1 cm³/mol. The van der Waals surface area contributed by atoms with E-state index in [4.69, 9.17) is 4.42 Å². The van der Waals surface area contributed by atoms with Crippen LogP contribution in [-0.2, 0) is 10.0 Å². The molecule has 1 aromatic heterocycles. The number of carbonyl (C=O) groups excluding carboxylic acids is 1. The van der Waals surface area contributed by atoms with E-state index in [1.807, 2.05) is 6.92 Å². The highest BCUT2D eigenvalue weighted by atomic mass is 32.2. The smallest absolute Gasteiger partial charge is 0.287 e. The number of carbonyl (C=O) groups is 1. The summed E-state index contributed by atoms with van der Waals surface area (Å²) in [6, 6.07) is 9.80. The van der Waals surface area contributed by atoms with Gasteiger partial charge in [0.05, 0.1) is 11.2 Å². The van der Waals surface area contributed by atoms with Crippen molar-refractivity contribution in [3.8, 4) is 0 Å². The van der Waals surface area contributed by atoms with E-state index in [2.05, 4.69) is 5.32 Å². The van der Waals surface area contributed by atoms with Crippen LogP contribution in [0.2, 0.25) is 0 Å². The maximum Gasteiger partial charge on any atom is 0.287 e. The van der Waals surface area contributed by atoms with Crippen LogP contribution in [0.5, 0.6) is 0 Å². The zero-order valence-electron chi connectivity index (χ0n) is 13.4. The van der Waals surface area contributed by atoms with E-state index in [9.17, 15) is 13.2 Å². The molecule has 0 unspecified atom stereocenters. The van der Waals surface area contributed by atoms with Crippen molar-refractivity contribution in [2.24, 2.45) is 0 Å². The molecule has 0 bridgehead atoms. The second-order valence-corrected chi connectivity index (χ2v) is 7.80. The van der Waals surface area contributed by atoms with Crippen LogP contribution in [0.25, 0.3) is 0 Å². The lowest BCUT2D eigenvalue weighted by atomic mass is 10.2. The maximum absolute atomic E-state index is 12.8. The van der Waals surface area contributed by atoms with Gasteiger partial charge in [0.25, 0.3) is 5.91 Å². The summed E-state index contributed by atoms with van der Waals surface area (Å²) >= 11 is 0. The highest BCUT2D eigenvalue weighted by Gasteiger charge is 2.35. The Morgan fingerprint density at radius 3 is 2.71 bits per heavy atom. The zero-order chi connectivity index (χ0) is 17.2. The Hall–Kier alpha value is -2.12. The molecule has 6 nitrogen and oxygen atoms in total. The molecule has 1 fully saturated rings. The van der Waals surface area contributed by atoms with Crippen molar-refractivity contribution in [2.45, 2.75) is 30.7 Å². The lowest BCUT2D eigenvalue weighted by Crippen LogP contribution is -2.43. The molecule has 24 heavy (non-hydrogen) atoms. The quantitative estimate of drug-likeness (QED) is 0.898. The fourth-order valence-corrected chi connectivity index (χ4v) is 4.57. The van der Waals surface area contributed by atoms with Gasteiger partial charge in [0.15, 0.2) is 5.76 Å². The Kier molecular flexibility index (Phi) is 4.73. The largest absolute Gasteiger partial charge is 0.459 e. The fraction of sp³-hybridized carbons (Fsp3) is 0.353. The van der Waals surface area contributed by atoms with Crippen molar-refractivity contribution >= 4 is 15.9 Å². The predicted octanol–water partition coefficient (Wildman–Crippen LogP) is 2.17. The molecular weight excluding hydrogens is 328 g/mol. The highest BCUT2D eigenvalue weighted by Crippen LogP contribution is 2.26. The van der Waals surface area contributed by atoms with Gasteiger partial charge in [-0.25, -0.2) is 8.42 Å². The SMILES string of the molecule is Cc1ccc(S(=O)(=O)N2CCC[C@@H]2CNC(=O)c2ccco2)cc1. The van der Waals surface area contributed by atoms with Crippen molar-refractivity contribution in [1.29, 1.82) is 0 Å². The molecule has 1 saturated heterocycles. The topological polar surface area (TPSA) is 79.6 Å². The average molecular weight is 348 g/mol. The van der Waals surface area contributed by atoms with E-state index in [1.165, 1.54) is 10.6 Å². The van der Waals surface area contributed by atoms with Crippen molar-refractivity contribution < 1.29 is 17.6 Å². The van der Waals surface area contributed by atoms with Crippen LogP contribution in [0, 0.1) is 6.92 Å². The van der Waals surface area contributed by atoms with Crippen LogP contribution in [0.4, 0.5) is 0 Å². The molecule has 1 N–H and O–H groups in total. The van der Waals surface area contributed by atoms with Crippen molar-refractivity contribution in [2.75, 3.05) is 13.1 Å². The number of hydrogen-bond acceptors (Lipinski definition) is 4. The Balaban J connectivity index is 1.70. The Morgan fingerprint density at radius 1 is 1.29 bits per heavy atom. The molecule has 128 valence electrons. The molecule has 1 amide bonds. The fourth-order valence-electron chi connectivity index (χ4n) is 2.88. The summed E-state index contributed by atoms with van der Waals surface area (Å²) < 4.78 is 32.2. The summed E-state index contributed by atoms with van der Waals surface area (Å²) in [5.41, 5.74) is 1.01. The zero-order valence-corrected chi connectivity index (χ0v) is 14.3. The third-order valence-corrected chi connectivity index (χ3v) is 6.16. The third-order valence-electron chi connectivity index (χ3n) is 4.19. The summed E-state index contributed by atoms with van der Waals surface area (Å²) in [5, 5.41) is 2.75. The molecule has 1 aliphatic rings. The molecule has 7 heteroatoms. The second-order valence-electron chi connectivity index (χ2n) is 5.91. The first-order valence-corrected chi connectivity index (χ1v) is 9.33. The minimum atomic E-state index is -3.55. The molecular formula is C17H20N2O4S. The number of nitrogens with zero attached hydrogens (tertiary/aromatic N) is 1. The van der Waals surface area contributed by atoms with Crippen molar-refractivity contribution in [1.82, 2.24) is 9.62 Å². The first-order chi connectivity index (χ1) is 11.5. The lowest BCUT2D eigenvalue weighted by molar-refractivity contribution is 0.0919. The number of sulfonamides is 1. The Morgan fingerprint density at radius 2 is 2.04 bits per heavy atom. The van der Waals surface area contributed by atoms with Crippen molar-refractivity contribution in [3.63, 3.8) is 0 Å². The molecule has 0 saturated carbocycles. The molecule has 0 radical (unpaired) electrons. The van der Waals surface area contributed by atoms with Gasteiger partial charge < -0.3 is 9.73 Å². The molecule has 1 atom stereocenters. The molecule has 3 rings (SSSR count). The molecule has 0 aliphatic carbocycles. The van der Waals surface area contributed by atoms with Crippen LogP contribution in [0.15, 0.2) is 52.0 Å². The highest BCUT2D eigenvalue weighted by molar-refractivity contribution is 7.89. The van der Waals surface area contributed by atoms with Crippen LogP contribution in [0.1, 0.15) is 29.0 Å². The normalized spacial score (nSPS) is 18.6. The molecule has 2 heterocycles. The molecule has 1 aliphatic heterocycles. The van der Waals surface area contributed by atoms with Gasteiger partial charge in [-0.3, -0.25) is 4.79 Å². The van der Waals surface area contributed by atoms with Gasteiger partial charge in [0.2, 0.25) is 10.0 Å². The van der Waals surface area contributed by atoms with Gasteiger partial charge in [-0.1, -0.05) is 17.7 Å². The summed E-state index contributed by atoms with van der Waals surface area (Å²) in [6.45, 7) is 2.65. The van der Waals surface area contributed by atoms with Gasteiger partial charge in [0.1, 0.15) is 0 Å². The number of rotatable bonds is 5. The molecule has 1 aromatic carbocycles. The van der Waals surface area contributed by atoms with E-state index in [0.717, 1.165) is 18.4 Å². The minimum Gasteiger partial charge on any atom is -0.459 e. The Labute approximate surface area is 141 Å². The summed E-state index contributed by atoms with van der Waals surface area (Å²) in [6.07, 6.45) is 2.94. The van der Waals surface area contributed by atoms with E-state index in [0.29, 0.717) is 6.54 Å². The van der Waals surface area contributed by atoms with Crippen LogP contribution in [0.3, 0.4) is 0 Å². The third kappa shape index (κ3) is 3.37. The number of amides is 1. The number of benzene rings is 1. The first-order valence-electron chi connectivity index (χ1n) is 7.89. The van der Waals surface area contributed by atoms with Crippen LogP contribution >= 0.6 is 0 Å². The van der Waals surface area contributed by atoms with Gasteiger partial charge in [-0.2, -0.15) is 4.31 Å². The van der Waals surface area contributed by atoms with E-state index < -0.39 is 10.0 Å².